The monoisotopic (exact) mass is 414 g/mol. The molecule has 0 bridgehead atoms. The lowest BCUT2D eigenvalue weighted by atomic mass is 10.1. The van der Waals surface area contributed by atoms with Crippen molar-refractivity contribution in [3.8, 4) is 0 Å². The van der Waals surface area contributed by atoms with E-state index in [0.29, 0.717) is 16.4 Å². The molecule has 1 aliphatic rings. The standard InChI is InChI=1S/C21H26N4O3S/c1-15(2)25(20(28)16-8-4-3-5-9-16)13-18(26)23-21-22-17(14-29-21)12-19(27)24-10-6-7-11-24/h3-5,8-9,14-15H,6-7,10-13H2,1-2H3,(H,22,23,26). The lowest BCUT2D eigenvalue weighted by Gasteiger charge is -2.26. The highest BCUT2D eigenvalue weighted by Crippen LogP contribution is 2.18. The summed E-state index contributed by atoms with van der Waals surface area (Å²) in [4.78, 5) is 45.2. The second-order valence-corrected chi connectivity index (χ2v) is 8.21. The fourth-order valence-electron chi connectivity index (χ4n) is 3.23. The molecule has 154 valence electrons. The molecule has 1 saturated heterocycles. The number of amides is 3. The zero-order chi connectivity index (χ0) is 20.8. The Morgan fingerprint density at radius 2 is 1.86 bits per heavy atom. The fourth-order valence-corrected chi connectivity index (χ4v) is 3.95. The number of carbonyl (C=O) groups is 3. The van der Waals surface area contributed by atoms with E-state index in [9.17, 15) is 14.4 Å². The third kappa shape index (κ3) is 5.63. The van der Waals surface area contributed by atoms with Crippen molar-refractivity contribution in [3.05, 3.63) is 47.0 Å². The lowest BCUT2D eigenvalue weighted by Crippen LogP contribution is -2.42. The molecule has 2 heterocycles. The van der Waals surface area contributed by atoms with Crippen molar-refractivity contribution in [1.29, 1.82) is 0 Å². The Balaban J connectivity index is 1.57. The normalized spacial score (nSPS) is 13.6. The second-order valence-electron chi connectivity index (χ2n) is 7.35. The summed E-state index contributed by atoms with van der Waals surface area (Å²) in [6.45, 7) is 5.31. The molecule has 0 spiro atoms. The Labute approximate surface area is 174 Å². The number of hydrogen-bond acceptors (Lipinski definition) is 5. The minimum Gasteiger partial charge on any atom is -0.342 e. The summed E-state index contributed by atoms with van der Waals surface area (Å²) in [6, 6.07) is 8.79. The summed E-state index contributed by atoms with van der Waals surface area (Å²) >= 11 is 1.29. The van der Waals surface area contributed by atoms with Crippen molar-refractivity contribution in [3.63, 3.8) is 0 Å². The van der Waals surface area contributed by atoms with E-state index in [-0.39, 0.29) is 36.7 Å². The van der Waals surface area contributed by atoms with Crippen LogP contribution in [0.1, 0.15) is 42.7 Å². The summed E-state index contributed by atoms with van der Waals surface area (Å²) in [5.41, 5.74) is 1.20. The topological polar surface area (TPSA) is 82.6 Å². The van der Waals surface area contributed by atoms with Gasteiger partial charge in [-0.1, -0.05) is 18.2 Å². The summed E-state index contributed by atoms with van der Waals surface area (Å²) in [5, 5.41) is 4.98. The van der Waals surface area contributed by atoms with Gasteiger partial charge in [0.15, 0.2) is 5.13 Å². The molecule has 1 fully saturated rings. The number of anilines is 1. The highest BCUT2D eigenvalue weighted by molar-refractivity contribution is 7.13. The summed E-state index contributed by atoms with van der Waals surface area (Å²) < 4.78 is 0. The Morgan fingerprint density at radius 3 is 2.52 bits per heavy atom. The Bertz CT molecular complexity index is 860. The summed E-state index contributed by atoms with van der Waals surface area (Å²) in [5.74, 6) is -0.424. The van der Waals surface area contributed by atoms with Crippen LogP contribution in [-0.2, 0) is 16.0 Å². The molecule has 3 amide bonds. The van der Waals surface area contributed by atoms with E-state index in [1.807, 2.05) is 24.8 Å². The van der Waals surface area contributed by atoms with Gasteiger partial charge in [0.25, 0.3) is 5.91 Å². The number of carbonyl (C=O) groups excluding carboxylic acids is 3. The number of hydrogen-bond donors (Lipinski definition) is 1. The number of likely N-dealkylation sites (tertiary alicyclic amines) is 1. The molecule has 29 heavy (non-hydrogen) atoms. The molecular formula is C21H26N4O3S. The van der Waals surface area contributed by atoms with Crippen LogP contribution in [0.4, 0.5) is 5.13 Å². The van der Waals surface area contributed by atoms with Crippen molar-refractivity contribution < 1.29 is 14.4 Å². The molecule has 0 radical (unpaired) electrons. The van der Waals surface area contributed by atoms with Crippen LogP contribution in [0.25, 0.3) is 0 Å². The number of aromatic nitrogens is 1. The Hall–Kier alpha value is -2.74. The van der Waals surface area contributed by atoms with Gasteiger partial charge in [0.1, 0.15) is 6.54 Å². The minimum atomic E-state index is -0.310. The van der Waals surface area contributed by atoms with Crippen molar-refractivity contribution in [2.24, 2.45) is 0 Å². The number of benzene rings is 1. The predicted molar refractivity (Wildman–Crippen MR) is 113 cm³/mol. The van der Waals surface area contributed by atoms with E-state index in [2.05, 4.69) is 10.3 Å². The third-order valence-corrected chi connectivity index (χ3v) is 5.61. The van der Waals surface area contributed by atoms with Crippen LogP contribution < -0.4 is 5.32 Å². The highest BCUT2D eigenvalue weighted by atomic mass is 32.1. The van der Waals surface area contributed by atoms with Crippen LogP contribution in [-0.4, -0.2) is 58.2 Å². The second kappa shape index (κ2) is 9.65. The molecular weight excluding hydrogens is 388 g/mol. The molecule has 1 aromatic carbocycles. The molecule has 0 unspecified atom stereocenters. The van der Waals surface area contributed by atoms with E-state index in [1.165, 1.54) is 16.2 Å². The lowest BCUT2D eigenvalue weighted by molar-refractivity contribution is -0.129. The number of nitrogens with zero attached hydrogens (tertiary/aromatic N) is 3. The van der Waals surface area contributed by atoms with Gasteiger partial charge in [-0.05, 0) is 38.8 Å². The van der Waals surface area contributed by atoms with Crippen LogP contribution in [0.3, 0.4) is 0 Å². The van der Waals surface area contributed by atoms with E-state index < -0.39 is 0 Å². The van der Waals surface area contributed by atoms with E-state index in [0.717, 1.165) is 25.9 Å². The van der Waals surface area contributed by atoms with Crippen LogP contribution in [0.15, 0.2) is 35.7 Å². The minimum absolute atomic E-state index is 0.0625. The van der Waals surface area contributed by atoms with Crippen molar-refractivity contribution in [1.82, 2.24) is 14.8 Å². The molecule has 0 saturated carbocycles. The van der Waals surface area contributed by atoms with Crippen molar-refractivity contribution in [2.75, 3.05) is 25.0 Å². The fraction of sp³-hybridized carbons (Fsp3) is 0.429. The maximum Gasteiger partial charge on any atom is 0.254 e. The van der Waals surface area contributed by atoms with Crippen LogP contribution in [0.5, 0.6) is 0 Å². The van der Waals surface area contributed by atoms with Crippen LogP contribution in [0, 0.1) is 0 Å². The Kier molecular flexibility index (Phi) is 6.98. The number of nitrogens with one attached hydrogen (secondary N) is 1. The number of thiazole rings is 1. The quantitative estimate of drug-likeness (QED) is 0.755. The summed E-state index contributed by atoms with van der Waals surface area (Å²) in [7, 11) is 0. The van der Waals surface area contributed by atoms with Gasteiger partial charge >= 0.3 is 0 Å². The zero-order valence-electron chi connectivity index (χ0n) is 16.8. The van der Waals surface area contributed by atoms with Gasteiger partial charge in [0.2, 0.25) is 11.8 Å². The molecule has 1 N–H and O–H groups in total. The first-order valence-electron chi connectivity index (χ1n) is 9.82. The van der Waals surface area contributed by atoms with Crippen LogP contribution >= 0.6 is 11.3 Å². The SMILES string of the molecule is CC(C)N(CC(=O)Nc1nc(CC(=O)N2CCCC2)cs1)C(=O)c1ccccc1. The first-order valence-corrected chi connectivity index (χ1v) is 10.7. The van der Waals surface area contributed by atoms with Gasteiger partial charge in [-0.2, -0.15) is 0 Å². The molecule has 1 aromatic heterocycles. The molecule has 7 nitrogen and oxygen atoms in total. The first kappa shape index (κ1) is 21.0. The largest absolute Gasteiger partial charge is 0.342 e. The van der Waals surface area contributed by atoms with E-state index >= 15 is 0 Å². The molecule has 2 aromatic rings. The smallest absolute Gasteiger partial charge is 0.254 e. The molecule has 0 aliphatic carbocycles. The predicted octanol–water partition coefficient (Wildman–Crippen LogP) is 2.80. The van der Waals surface area contributed by atoms with Gasteiger partial charge < -0.3 is 15.1 Å². The van der Waals surface area contributed by atoms with Crippen molar-refractivity contribution >= 4 is 34.2 Å². The van der Waals surface area contributed by atoms with Crippen LogP contribution in [0.2, 0.25) is 0 Å². The van der Waals surface area contributed by atoms with Gasteiger partial charge in [0.05, 0.1) is 12.1 Å². The van der Waals surface area contributed by atoms with E-state index in [4.69, 9.17) is 0 Å². The molecule has 3 rings (SSSR count). The molecule has 8 heteroatoms. The molecule has 0 atom stereocenters. The maximum absolute atomic E-state index is 12.7. The van der Waals surface area contributed by atoms with Gasteiger partial charge in [0, 0.05) is 30.1 Å². The average molecular weight is 415 g/mol. The van der Waals surface area contributed by atoms with E-state index in [1.54, 1.807) is 29.6 Å². The van der Waals surface area contributed by atoms with Gasteiger partial charge in [-0.15, -0.1) is 11.3 Å². The maximum atomic E-state index is 12.7. The van der Waals surface area contributed by atoms with Crippen molar-refractivity contribution in [2.45, 2.75) is 39.2 Å². The van der Waals surface area contributed by atoms with Gasteiger partial charge in [-0.3, -0.25) is 14.4 Å². The van der Waals surface area contributed by atoms with Gasteiger partial charge in [-0.25, -0.2) is 4.98 Å². The number of rotatable bonds is 7. The zero-order valence-corrected chi connectivity index (χ0v) is 17.6. The summed E-state index contributed by atoms with van der Waals surface area (Å²) in [6.07, 6.45) is 2.35. The third-order valence-electron chi connectivity index (χ3n) is 4.81. The Morgan fingerprint density at radius 1 is 1.17 bits per heavy atom. The average Bonchev–Trinajstić information content (AvgIpc) is 3.38. The first-order chi connectivity index (χ1) is 13.9. The highest BCUT2D eigenvalue weighted by Gasteiger charge is 2.22. The molecule has 1 aliphatic heterocycles.